The van der Waals surface area contributed by atoms with Crippen molar-refractivity contribution in [3.63, 3.8) is 0 Å². The fraction of sp³-hybridized carbons (Fsp3) is 0.278. The van der Waals surface area contributed by atoms with Crippen LogP contribution in [0.5, 0.6) is 0 Å². The summed E-state index contributed by atoms with van der Waals surface area (Å²) in [5, 5.41) is 13.3. The molecule has 0 aliphatic heterocycles. The molecule has 0 amide bonds. The molecule has 0 unspecified atom stereocenters. The third-order valence-electron chi connectivity index (χ3n) is 4.25. The van der Waals surface area contributed by atoms with Crippen LogP contribution in [-0.2, 0) is 10.0 Å². The van der Waals surface area contributed by atoms with Crippen molar-refractivity contribution in [1.29, 1.82) is 0 Å². The number of anilines is 4. The van der Waals surface area contributed by atoms with Crippen molar-refractivity contribution < 1.29 is 8.42 Å². The summed E-state index contributed by atoms with van der Waals surface area (Å²) in [6.45, 7) is 5.71. The van der Waals surface area contributed by atoms with Gasteiger partial charge in [0, 0.05) is 31.5 Å². The summed E-state index contributed by atoms with van der Waals surface area (Å²) >= 11 is 0. The second-order valence-electron chi connectivity index (χ2n) is 6.65. The van der Waals surface area contributed by atoms with Gasteiger partial charge in [-0.15, -0.1) is 0 Å². The Morgan fingerprint density at radius 3 is 2.46 bits per heavy atom. The summed E-state index contributed by atoms with van der Waals surface area (Å²) < 4.78 is 26.0. The first kappa shape index (κ1) is 19.8. The van der Waals surface area contributed by atoms with Crippen LogP contribution in [0.1, 0.15) is 16.8 Å². The Balaban J connectivity index is 1.86. The number of hydrogen-bond acceptors (Lipinski definition) is 7. The van der Waals surface area contributed by atoms with Gasteiger partial charge in [-0.2, -0.15) is 10.1 Å². The van der Waals surface area contributed by atoms with E-state index in [2.05, 4.69) is 30.8 Å². The lowest BCUT2D eigenvalue weighted by Gasteiger charge is -2.14. The normalized spacial score (nSPS) is 11.6. The van der Waals surface area contributed by atoms with E-state index in [-0.39, 0.29) is 4.90 Å². The molecule has 1 aromatic carbocycles. The first-order valence-corrected chi connectivity index (χ1v) is 10.0. The Hall–Kier alpha value is -2.98. The van der Waals surface area contributed by atoms with Gasteiger partial charge in [-0.1, -0.05) is 0 Å². The van der Waals surface area contributed by atoms with Gasteiger partial charge in [0.2, 0.25) is 16.0 Å². The smallest absolute Gasteiger partial charge is 0.242 e. The Morgan fingerprint density at radius 1 is 1.07 bits per heavy atom. The van der Waals surface area contributed by atoms with Gasteiger partial charge in [-0.3, -0.25) is 5.10 Å². The van der Waals surface area contributed by atoms with Crippen LogP contribution >= 0.6 is 0 Å². The fourth-order valence-electron chi connectivity index (χ4n) is 2.54. The number of aryl methyl sites for hydroxylation is 2. The van der Waals surface area contributed by atoms with Crippen LogP contribution in [0, 0.1) is 20.8 Å². The Morgan fingerprint density at radius 2 is 1.82 bits per heavy atom. The van der Waals surface area contributed by atoms with Crippen molar-refractivity contribution in [3.05, 3.63) is 47.3 Å². The van der Waals surface area contributed by atoms with Crippen LogP contribution in [-0.4, -0.2) is 47.0 Å². The SMILES string of the molecule is Cc1cc(Nc2nccc(Nc3[nH]nc(C)c3C)n2)cc(S(=O)(=O)N(C)C)c1. The molecule has 28 heavy (non-hydrogen) atoms. The van der Waals surface area contributed by atoms with Crippen molar-refractivity contribution in [2.45, 2.75) is 25.7 Å². The molecule has 3 aromatic rings. The summed E-state index contributed by atoms with van der Waals surface area (Å²) in [5.41, 5.74) is 3.31. The number of H-pyrrole nitrogens is 1. The number of nitrogens with one attached hydrogen (secondary N) is 3. The summed E-state index contributed by atoms with van der Waals surface area (Å²) in [6, 6.07) is 6.76. The number of benzene rings is 1. The maximum absolute atomic E-state index is 12.4. The zero-order valence-corrected chi connectivity index (χ0v) is 17.2. The molecular formula is C18H23N7O2S. The highest BCUT2D eigenvalue weighted by molar-refractivity contribution is 7.89. The van der Waals surface area contributed by atoms with Crippen LogP contribution in [0.25, 0.3) is 0 Å². The molecule has 0 fully saturated rings. The lowest BCUT2D eigenvalue weighted by atomic mass is 10.2. The standard InChI is InChI=1S/C18H23N7O2S/c1-11-8-14(10-15(9-11)28(26,27)25(4)5)20-18-19-7-6-16(22-18)21-17-12(2)13(3)23-24-17/h6-10H,1-5H3,(H3,19,20,21,22,23,24). The Bertz CT molecular complexity index is 1110. The quantitative estimate of drug-likeness (QED) is 0.581. The molecule has 9 nitrogen and oxygen atoms in total. The Labute approximate surface area is 164 Å². The highest BCUT2D eigenvalue weighted by atomic mass is 32.2. The third-order valence-corrected chi connectivity index (χ3v) is 6.04. The van der Waals surface area contributed by atoms with Crippen molar-refractivity contribution in [2.24, 2.45) is 0 Å². The van der Waals surface area contributed by atoms with Gasteiger partial charge in [0.05, 0.1) is 10.6 Å². The molecule has 10 heteroatoms. The predicted molar refractivity (Wildman–Crippen MR) is 109 cm³/mol. The monoisotopic (exact) mass is 401 g/mol. The van der Waals surface area contributed by atoms with E-state index in [1.807, 2.05) is 26.8 Å². The lowest BCUT2D eigenvalue weighted by Crippen LogP contribution is -2.22. The minimum Gasteiger partial charge on any atom is -0.325 e. The van der Waals surface area contributed by atoms with E-state index in [1.165, 1.54) is 18.4 Å². The molecule has 148 valence electrons. The van der Waals surface area contributed by atoms with Gasteiger partial charge in [0.1, 0.15) is 11.6 Å². The van der Waals surface area contributed by atoms with Gasteiger partial charge >= 0.3 is 0 Å². The third kappa shape index (κ3) is 4.12. The topological polar surface area (TPSA) is 116 Å². The van der Waals surface area contributed by atoms with E-state index in [9.17, 15) is 8.42 Å². The van der Waals surface area contributed by atoms with Gasteiger partial charge in [0.15, 0.2) is 0 Å². The fourth-order valence-corrected chi connectivity index (χ4v) is 3.57. The van der Waals surface area contributed by atoms with Crippen LogP contribution in [0.2, 0.25) is 0 Å². The first-order chi connectivity index (χ1) is 13.2. The van der Waals surface area contributed by atoms with E-state index in [4.69, 9.17) is 0 Å². The van der Waals surface area contributed by atoms with Crippen molar-refractivity contribution >= 4 is 33.3 Å². The molecule has 0 spiro atoms. The van der Waals surface area contributed by atoms with Gasteiger partial charge in [-0.05, 0) is 50.6 Å². The zero-order valence-electron chi connectivity index (χ0n) is 16.4. The number of hydrogen-bond donors (Lipinski definition) is 3. The molecule has 2 heterocycles. The predicted octanol–water partition coefficient (Wildman–Crippen LogP) is 2.86. The number of aromatic nitrogens is 4. The molecule has 3 N–H and O–H groups in total. The zero-order chi connectivity index (χ0) is 20.5. The molecule has 0 atom stereocenters. The molecule has 2 aromatic heterocycles. The second kappa shape index (κ2) is 7.56. The molecule has 0 saturated carbocycles. The van der Waals surface area contributed by atoms with Crippen LogP contribution < -0.4 is 10.6 Å². The maximum Gasteiger partial charge on any atom is 0.242 e. The van der Waals surface area contributed by atoms with E-state index in [0.717, 1.165) is 22.6 Å². The van der Waals surface area contributed by atoms with Crippen LogP contribution in [0.3, 0.4) is 0 Å². The van der Waals surface area contributed by atoms with Crippen molar-refractivity contribution in [1.82, 2.24) is 24.5 Å². The molecule has 0 bridgehead atoms. The summed E-state index contributed by atoms with van der Waals surface area (Å²) in [7, 11) is -0.532. The van der Waals surface area contributed by atoms with Crippen LogP contribution in [0.4, 0.5) is 23.3 Å². The maximum atomic E-state index is 12.4. The van der Waals surface area contributed by atoms with Crippen LogP contribution in [0.15, 0.2) is 35.4 Å². The lowest BCUT2D eigenvalue weighted by molar-refractivity contribution is 0.520. The summed E-state index contributed by atoms with van der Waals surface area (Å²) in [6.07, 6.45) is 1.61. The van der Waals surface area contributed by atoms with E-state index in [1.54, 1.807) is 24.4 Å². The number of rotatable bonds is 6. The first-order valence-electron chi connectivity index (χ1n) is 8.59. The van der Waals surface area contributed by atoms with Crippen molar-refractivity contribution in [3.8, 4) is 0 Å². The number of aromatic amines is 1. The van der Waals surface area contributed by atoms with Crippen molar-refractivity contribution in [2.75, 3.05) is 24.7 Å². The van der Waals surface area contributed by atoms with Gasteiger partial charge in [0.25, 0.3) is 0 Å². The van der Waals surface area contributed by atoms with E-state index >= 15 is 0 Å². The molecule has 3 rings (SSSR count). The largest absolute Gasteiger partial charge is 0.325 e. The van der Waals surface area contributed by atoms with E-state index in [0.29, 0.717) is 17.5 Å². The summed E-state index contributed by atoms with van der Waals surface area (Å²) in [5.74, 6) is 1.69. The minimum atomic E-state index is -3.54. The van der Waals surface area contributed by atoms with Gasteiger partial charge in [-0.25, -0.2) is 17.7 Å². The molecular weight excluding hydrogens is 378 g/mol. The number of sulfonamides is 1. The summed E-state index contributed by atoms with van der Waals surface area (Å²) in [4.78, 5) is 8.85. The second-order valence-corrected chi connectivity index (χ2v) is 8.80. The highest BCUT2D eigenvalue weighted by Crippen LogP contribution is 2.24. The molecule has 0 aliphatic rings. The minimum absolute atomic E-state index is 0.206. The average Bonchev–Trinajstić information content (AvgIpc) is 2.93. The Kier molecular flexibility index (Phi) is 5.34. The molecule has 0 radical (unpaired) electrons. The average molecular weight is 401 g/mol. The molecule has 0 saturated heterocycles. The highest BCUT2D eigenvalue weighted by Gasteiger charge is 2.18. The van der Waals surface area contributed by atoms with Gasteiger partial charge < -0.3 is 10.6 Å². The number of nitrogens with zero attached hydrogens (tertiary/aromatic N) is 4. The van der Waals surface area contributed by atoms with E-state index < -0.39 is 10.0 Å². The molecule has 0 aliphatic carbocycles.